The second-order valence-electron chi connectivity index (χ2n) is 9.53. The molecule has 6 rings (SSSR count). The molecule has 0 radical (unpaired) electrons. The zero-order valence-electron chi connectivity index (χ0n) is 17.2. The van der Waals surface area contributed by atoms with Crippen LogP contribution in [0.3, 0.4) is 0 Å². The Bertz CT molecular complexity index is 893. The first kappa shape index (κ1) is 22.8. The van der Waals surface area contributed by atoms with Gasteiger partial charge in [-0.25, -0.2) is 0 Å². The van der Waals surface area contributed by atoms with Crippen LogP contribution < -0.4 is 5.32 Å². The number of amides is 1. The maximum Gasteiger partial charge on any atom is 0.522 e. The Kier molecular flexibility index (Phi) is 5.22. The number of ether oxygens (including phenoxy) is 3. The van der Waals surface area contributed by atoms with E-state index in [1.165, 1.54) is 0 Å². The third kappa shape index (κ3) is 4.83. The van der Waals surface area contributed by atoms with Crippen molar-refractivity contribution in [1.82, 2.24) is 15.5 Å². The fourth-order valence-electron chi connectivity index (χ4n) is 5.15. The molecule has 5 fully saturated rings. The number of rotatable bonds is 9. The van der Waals surface area contributed by atoms with Crippen LogP contribution in [0.5, 0.6) is 0 Å². The summed E-state index contributed by atoms with van der Waals surface area (Å²) < 4.78 is 91.5. The van der Waals surface area contributed by atoms with Crippen molar-refractivity contribution < 1.29 is 49.8 Å². The molecule has 1 N–H and O–H groups in total. The normalized spacial score (nSPS) is 37.0. The summed E-state index contributed by atoms with van der Waals surface area (Å²) in [6, 6.07) is 0. The van der Waals surface area contributed by atoms with Crippen LogP contribution in [0.25, 0.3) is 0 Å². The van der Waals surface area contributed by atoms with Crippen LogP contribution in [-0.4, -0.2) is 59.8 Å². The molecule has 2 atom stereocenters. The molecule has 5 aliphatic carbocycles. The van der Waals surface area contributed by atoms with Crippen molar-refractivity contribution in [2.45, 2.75) is 80.3 Å². The SMILES string of the molecule is O=C(COC1CC(OC(F)(F)F)C1)NC12CC(c3nnc([C@H]4CC4COC(F)(F)F)o3)(C1)C2. The predicted molar refractivity (Wildman–Crippen MR) is 93.5 cm³/mol. The summed E-state index contributed by atoms with van der Waals surface area (Å²) in [5.41, 5.74) is -0.721. The monoisotopic (exact) mass is 485 g/mol. The highest BCUT2D eigenvalue weighted by atomic mass is 19.4. The highest BCUT2D eigenvalue weighted by Crippen LogP contribution is 2.67. The fourth-order valence-corrected chi connectivity index (χ4v) is 5.15. The standard InChI is InChI=1S/C19H21F6N3O5/c20-18(21,22)31-4-9-1-12(9)14-27-28-15(32-14)16-6-17(7-16,8-16)26-13(29)5-30-10-2-11(3-10)33-19(23,24)25/h9-12H,1-8H2,(H,26,29)/t9?,10?,11?,12-,16?,17?/m0/s1. The first-order valence-corrected chi connectivity index (χ1v) is 10.6. The summed E-state index contributed by atoms with van der Waals surface area (Å²) in [7, 11) is 0. The van der Waals surface area contributed by atoms with Crippen LogP contribution in [0, 0.1) is 5.92 Å². The molecular weight excluding hydrogens is 464 g/mol. The van der Waals surface area contributed by atoms with Gasteiger partial charge in [0.15, 0.2) is 0 Å². The topological polar surface area (TPSA) is 95.7 Å². The van der Waals surface area contributed by atoms with Crippen molar-refractivity contribution in [3.05, 3.63) is 11.8 Å². The molecule has 0 saturated heterocycles. The Morgan fingerprint density at radius 3 is 2.36 bits per heavy atom. The molecule has 5 aliphatic rings. The molecule has 0 aromatic carbocycles. The Morgan fingerprint density at radius 1 is 1.03 bits per heavy atom. The van der Waals surface area contributed by atoms with Gasteiger partial charge in [-0.05, 0) is 31.6 Å². The van der Waals surface area contributed by atoms with Gasteiger partial charge in [-0.3, -0.25) is 14.3 Å². The number of carbonyl (C=O) groups is 1. The number of carbonyl (C=O) groups excluding carboxylic acids is 1. The van der Waals surface area contributed by atoms with E-state index in [1.54, 1.807) is 0 Å². The predicted octanol–water partition coefficient (Wildman–Crippen LogP) is 3.08. The van der Waals surface area contributed by atoms with E-state index in [0.717, 1.165) is 0 Å². The highest BCUT2D eigenvalue weighted by molar-refractivity contribution is 5.79. The lowest BCUT2D eigenvalue weighted by molar-refractivity contribution is -0.357. The molecule has 1 amide bonds. The van der Waals surface area contributed by atoms with Gasteiger partial charge in [0.1, 0.15) is 6.61 Å². The largest absolute Gasteiger partial charge is 0.522 e. The molecule has 14 heteroatoms. The van der Waals surface area contributed by atoms with Gasteiger partial charge in [0, 0.05) is 24.3 Å². The Balaban J connectivity index is 1.01. The molecule has 2 bridgehead atoms. The number of hydrogen-bond acceptors (Lipinski definition) is 7. The van der Waals surface area contributed by atoms with E-state index < -0.39 is 31.5 Å². The maximum atomic E-state index is 12.2. The van der Waals surface area contributed by atoms with Crippen LogP contribution in [0.2, 0.25) is 0 Å². The molecule has 1 unspecified atom stereocenters. The quantitative estimate of drug-likeness (QED) is 0.537. The molecule has 33 heavy (non-hydrogen) atoms. The first-order chi connectivity index (χ1) is 15.3. The van der Waals surface area contributed by atoms with Gasteiger partial charge in [0.2, 0.25) is 17.7 Å². The summed E-state index contributed by atoms with van der Waals surface area (Å²) in [6.07, 6.45) is -8.23. The van der Waals surface area contributed by atoms with Crippen molar-refractivity contribution in [3.63, 3.8) is 0 Å². The minimum Gasteiger partial charge on any atom is -0.424 e. The van der Waals surface area contributed by atoms with Gasteiger partial charge < -0.3 is 14.5 Å². The van der Waals surface area contributed by atoms with Crippen LogP contribution in [0.4, 0.5) is 26.3 Å². The lowest BCUT2D eigenvalue weighted by Crippen LogP contribution is -2.77. The molecule has 5 saturated carbocycles. The molecule has 0 aliphatic heterocycles. The van der Waals surface area contributed by atoms with Gasteiger partial charge >= 0.3 is 12.7 Å². The van der Waals surface area contributed by atoms with Crippen molar-refractivity contribution in [2.24, 2.45) is 5.92 Å². The van der Waals surface area contributed by atoms with Crippen LogP contribution in [0.15, 0.2) is 4.42 Å². The number of alkyl halides is 6. The molecule has 1 aromatic heterocycles. The smallest absolute Gasteiger partial charge is 0.424 e. The summed E-state index contributed by atoms with van der Waals surface area (Å²) in [6.45, 7) is -0.684. The molecule has 1 heterocycles. The van der Waals surface area contributed by atoms with Crippen LogP contribution in [0.1, 0.15) is 56.2 Å². The van der Waals surface area contributed by atoms with E-state index in [1.807, 2.05) is 0 Å². The molecular formula is C19H21F6N3O5. The number of halogens is 6. The van der Waals surface area contributed by atoms with Gasteiger partial charge in [0.25, 0.3) is 0 Å². The summed E-state index contributed by atoms with van der Waals surface area (Å²) in [4.78, 5) is 12.2. The second kappa shape index (κ2) is 7.54. The Morgan fingerprint density at radius 2 is 1.73 bits per heavy atom. The summed E-state index contributed by atoms with van der Waals surface area (Å²) >= 11 is 0. The van der Waals surface area contributed by atoms with Crippen LogP contribution >= 0.6 is 0 Å². The van der Waals surface area contributed by atoms with E-state index in [2.05, 4.69) is 25.0 Å². The van der Waals surface area contributed by atoms with Gasteiger partial charge in [-0.1, -0.05) is 0 Å². The lowest BCUT2D eigenvalue weighted by atomic mass is 9.39. The molecule has 0 spiro atoms. The van der Waals surface area contributed by atoms with Crippen molar-refractivity contribution in [1.29, 1.82) is 0 Å². The zero-order chi connectivity index (χ0) is 23.6. The average Bonchev–Trinajstić information content (AvgIpc) is 3.22. The van der Waals surface area contributed by atoms with E-state index >= 15 is 0 Å². The van der Waals surface area contributed by atoms with Crippen LogP contribution in [-0.2, 0) is 24.4 Å². The van der Waals surface area contributed by atoms with Gasteiger partial charge in [-0.15, -0.1) is 36.5 Å². The Labute approximate surface area is 183 Å². The molecule has 1 aromatic rings. The molecule has 8 nitrogen and oxygen atoms in total. The van der Waals surface area contributed by atoms with Gasteiger partial charge in [-0.2, -0.15) is 0 Å². The van der Waals surface area contributed by atoms with E-state index in [9.17, 15) is 31.1 Å². The molecule has 184 valence electrons. The number of nitrogens with one attached hydrogen (secondary N) is 1. The highest BCUT2D eigenvalue weighted by Gasteiger charge is 2.72. The maximum absolute atomic E-state index is 12.2. The van der Waals surface area contributed by atoms with E-state index in [-0.39, 0.29) is 48.1 Å². The number of nitrogens with zero attached hydrogens (tertiary/aromatic N) is 2. The number of aromatic nitrogens is 2. The van der Waals surface area contributed by atoms with E-state index in [4.69, 9.17) is 9.15 Å². The zero-order valence-corrected chi connectivity index (χ0v) is 17.2. The van der Waals surface area contributed by atoms with Crippen molar-refractivity contribution in [3.8, 4) is 0 Å². The third-order valence-electron chi connectivity index (χ3n) is 6.83. The fraction of sp³-hybridized carbons (Fsp3) is 0.842. The van der Waals surface area contributed by atoms with Crippen molar-refractivity contribution in [2.75, 3.05) is 13.2 Å². The van der Waals surface area contributed by atoms with Crippen molar-refractivity contribution >= 4 is 5.91 Å². The minimum absolute atomic E-state index is 0.0880. The minimum atomic E-state index is -4.67. The van der Waals surface area contributed by atoms with E-state index in [0.29, 0.717) is 37.5 Å². The second-order valence-corrected chi connectivity index (χ2v) is 9.53. The average molecular weight is 485 g/mol. The summed E-state index contributed by atoms with van der Waals surface area (Å²) in [5.74, 6) is -0.146. The lowest BCUT2D eigenvalue weighted by Gasteiger charge is -2.68. The Hall–Kier alpha value is -1.93. The first-order valence-electron chi connectivity index (χ1n) is 10.6. The number of hydrogen-bond donors (Lipinski definition) is 1. The summed E-state index contributed by atoms with van der Waals surface area (Å²) in [5, 5.41) is 10.9. The van der Waals surface area contributed by atoms with Gasteiger partial charge in [0.05, 0.1) is 24.2 Å². The third-order valence-corrected chi connectivity index (χ3v) is 6.83.